The molecule has 0 radical (unpaired) electrons. The zero-order valence-electron chi connectivity index (χ0n) is 34.8. The number of benzene rings is 3. The average Bonchev–Trinajstić information content (AvgIpc) is 3.66. The predicted molar refractivity (Wildman–Crippen MR) is 222 cm³/mol. The van der Waals surface area contributed by atoms with Gasteiger partial charge in [-0.2, -0.15) is 10.4 Å². The van der Waals surface area contributed by atoms with E-state index in [0.29, 0.717) is 34.1 Å². The predicted octanol–water partition coefficient (Wildman–Crippen LogP) is 6.81. The Balaban J connectivity index is 0.822. The third-order valence-electron chi connectivity index (χ3n) is 13.3. The van der Waals surface area contributed by atoms with Gasteiger partial charge in [-0.15, -0.1) is 0 Å². The van der Waals surface area contributed by atoms with Crippen molar-refractivity contribution in [1.82, 2.24) is 25.3 Å². The maximum absolute atomic E-state index is 15.7. The van der Waals surface area contributed by atoms with Gasteiger partial charge in [0.05, 0.1) is 41.8 Å². The zero-order valence-corrected chi connectivity index (χ0v) is 34.8. The Morgan fingerprint density at radius 2 is 1.68 bits per heavy atom. The highest BCUT2D eigenvalue weighted by Gasteiger charge is 2.64. The first-order valence-corrected chi connectivity index (χ1v) is 20.8. The second-order valence-electron chi connectivity index (χ2n) is 17.8. The second kappa shape index (κ2) is 16.0. The van der Waals surface area contributed by atoms with Crippen LogP contribution in [0.1, 0.15) is 81.8 Å². The van der Waals surface area contributed by atoms with Gasteiger partial charge in [0.15, 0.2) is 0 Å². The van der Waals surface area contributed by atoms with E-state index in [1.165, 1.54) is 24.1 Å². The molecular weight excluding hydrogens is 771 g/mol. The lowest BCUT2D eigenvalue weighted by Crippen LogP contribution is -2.74. The number of piperidine rings is 2. The monoisotopic (exact) mass is 822 g/mol. The summed E-state index contributed by atoms with van der Waals surface area (Å²) >= 11 is 0. The van der Waals surface area contributed by atoms with E-state index in [-0.39, 0.29) is 54.2 Å². The van der Waals surface area contributed by atoms with Gasteiger partial charge >= 0.3 is 6.03 Å². The number of nitrogens with one attached hydrogen (secondary N) is 2. The number of likely N-dealkylation sites (tertiary alicyclic amines) is 1. The number of nitriles is 1. The SMILES string of the molecule is COc1cc(OC2C(C)(C)C(NC(=O)c3ccc(N4CCC(CN5CCC(n6ncc7c(N8CCC(=O)NC8=O)c(F)ccc76)CC5)CC4)c(F)c3)C2(C)C)ccc1C#N. The third-order valence-corrected chi connectivity index (χ3v) is 13.3. The van der Waals surface area contributed by atoms with E-state index in [0.717, 1.165) is 63.9 Å². The molecule has 3 saturated heterocycles. The Labute approximate surface area is 348 Å². The number of aromatic nitrogens is 2. The van der Waals surface area contributed by atoms with E-state index in [4.69, 9.17) is 9.47 Å². The summed E-state index contributed by atoms with van der Waals surface area (Å²) < 4.78 is 44.5. The normalized spacial score (nSPS) is 22.2. The van der Waals surface area contributed by atoms with Gasteiger partial charge in [-0.3, -0.25) is 24.5 Å². The Bertz CT molecular complexity index is 2340. The van der Waals surface area contributed by atoms with Gasteiger partial charge in [0, 0.05) is 79.6 Å². The molecule has 4 fully saturated rings. The summed E-state index contributed by atoms with van der Waals surface area (Å²) in [5, 5.41) is 20.0. The quantitative estimate of drug-likeness (QED) is 0.176. The van der Waals surface area contributed by atoms with Crippen LogP contribution in [0.3, 0.4) is 0 Å². The number of methoxy groups -OCH3 is 1. The third kappa shape index (κ3) is 7.50. The van der Waals surface area contributed by atoms with E-state index >= 15 is 8.78 Å². The lowest BCUT2D eigenvalue weighted by atomic mass is 9.49. The molecule has 2 N–H and O–H groups in total. The molecule has 316 valence electrons. The number of hydrogen-bond acceptors (Lipinski definition) is 9. The summed E-state index contributed by atoms with van der Waals surface area (Å²) in [7, 11) is 1.51. The molecule has 0 bridgehead atoms. The fourth-order valence-electron chi connectivity index (χ4n) is 10.4. The van der Waals surface area contributed by atoms with Crippen LogP contribution < -0.4 is 29.9 Å². The molecule has 4 aliphatic rings. The van der Waals surface area contributed by atoms with Crippen LogP contribution in [0.15, 0.2) is 54.7 Å². The number of carbonyl (C=O) groups excluding carboxylic acids is 3. The molecule has 0 spiro atoms. The van der Waals surface area contributed by atoms with Crippen molar-refractivity contribution in [3.63, 3.8) is 0 Å². The number of rotatable bonds is 10. The van der Waals surface area contributed by atoms with Gasteiger partial charge in [0.1, 0.15) is 35.3 Å². The molecule has 3 aromatic carbocycles. The number of imide groups is 1. The van der Waals surface area contributed by atoms with Crippen LogP contribution in [-0.4, -0.2) is 91.1 Å². The fraction of sp³-hybridized carbons (Fsp3) is 0.489. The van der Waals surface area contributed by atoms with Crippen molar-refractivity contribution in [2.75, 3.05) is 56.2 Å². The second-order valence-corrected chi connectivity index (χ2v) is 17.8. The first-order chi connectivity index (χ1) is 28.7. The summed E-state index contributed by atoms with van der Waals surface area (Å²) in [6.45, 7) is 12.5. The number of halogens is 2. The molecule has 3 aliphatic heterocycles. The minimum Gasteiger partial charge on any atom is -0.495 e. The summed E-state index contributed by atoms with van der Waals surface area (Å²) in [5.74, 6) is -0.162. The van der Waals surface area contributed by atoms with Crippen molar-refractivity contribution in [3.8, 4) is 17.6 Å². The van der Waals surface area contributed by atoms with E-state index in [9.17, 15) is 19.6 Å². The van der Waals surface area contributed by atoms with Crippen LogP contribution in [0, 0.1) is 39.7 Å². The number of amides is 4. The summed E-state index contributed by atoms with van der Waals surface area (Å²) in [4.78, 5) is 43.6. The Kier molecular flexibility index (Phi) is 11.0. The molecule has 1 aromatic heterocycles. The van der Waals surface area contributed by atoms with Gasteiger partial charge in [-0.05, 0) is 74.1 Å². The summed E-state index contributed by atoms with van der Waals surface area (Å²) in [5.41, 5.74) is 1.21. The molecule has 8 rings (SSSR count). The van der Waals surface area contributed by atoms with E-state index in [2.05, 4.69) is 31.6 Å². The fourth-order valence-corrected chi connectivity index (χ4v) is 10.4. The van der Waals surface area contributed by atoms with E-state index in [1.807, 2.05) is 32.4 Å². The standard InChI is InChI=1S/C45H52F2N8O5/c1-44(2)41(45(3,4)42(44)60-31-8-6-29(24-48)37(23-31)59-5)51-40(57)28-7-10-36(34(47)22-28)53-19-12-27(13-20-53)26-52-17-14-30(15-18-52)55-35-11-9-33(46)39(32(35)25-49-55)54-21-16-38(56)50-43(54)58/h6-11,22-23,25,27,30,41-42H,12-21,26H2,1-5H3,(H,51,57)(H,50,56,58). The minimum absolute atomic E-state index is 0.107. The van der Waals surface area contributed by atoms with Crippen LogP contribution in [0.2, 0.25) is 0 Å². The van der Waals surface area contributed by atoms with Gasteiger partial charge < -0.3 is 24.6 Å². The zero-order chi connectivity index (χ0) is 42.5. The van der Waals surface area contributed by atoms with Crippen molar-refractivity contribution >= 4 is 40.1 Å². The van der Waals surface area contributed by atoms with Crippen LogP contribution in [0.25, 0.3) is 10.9 Å². The highest BCUT2D eigenvalue weighted by Crippen LogP contribution is 2.55. The molecule has 4 heterocycles. The maximum Gasteiger partial charge on any atom is 0.328 e. The lowest BCUT2D eigenvalue weighted by molar-refractivity contribution is -0.164. The molecule has 1 saturated carbocycles. The first kappa shape index (κ1) is 41.0. The minimum atomic E-state index is -0.628. The molecule has 1 aliphatic carbocycles. The number of nitrogens with zero attached hydrogens (tertiary/aromatic N) is 6. The van der Waals surface area contributed by atoms with Gasteiger partial charge in [-0.1, -0.05) is 27.7 Å². The number of hydrogen-bond donors (Lipinski definition) is 2. The lowest BCUT2D eigenvalue weighted by Gasteiger charge is -2.63. The molecule has 13 nitrogen and oxygen atoms in total. The number of carbonyl (C=O) groups is 3. The van der Waals surface area contributed by atoms with Gasteiger partial charge in [0.2, 0.25) is 5.91 Å². The highest BCUT2D eigenvalue weighted by molar-refractivity contribution is 6.09. The van der Waals surface area contributed by atoms with E-state index < -0.39 is 28.5 Å². The van der Waals surface area contributed by atoms with Crippen molar-refractivity contribution in [2.24, 2.45) is 16.7 Å². The number of fused-ring (bicyclic) bond motifs is 1. The average molecular weight is 823 g/mol. The van der Waals surface area contributed by atoms with Crippen LogP contribution in [-0.2, 0) is 4.79 Å². The summed E-state index contributed by atoms with van der Waals surface area (Å²) in [6, 6.07) is 14.3. The first-order valence-electron chi connectivity index (χ1n) is 20.8. The number of ether oxygens (including phenoxy) is 2. The van der Waals surface area contributed by atoms with Gasteiger partial charge in [-0.25, -0.2) is 13.6 Å². The smallest absolute Gasteiger partial charge is 0.328 e. The Hall–Kier alpha value is -5.75. The number of anilines is 2. The highest BCUT2D eigenvalue weighted by atomic mass is 19.1. The largest absolute Gasteiger partial charge is 0.495 e. The van der Waals surface area contributed by atoms with Crippen LogP contribution in [0.5, 0.6) is 11.5 Å². The Morgan fingerprint density at radius 1 is 0.950 bits per heavy atom. The van der Waals surface area contributed by atoms with E-state index in [1.54, 1.807) is 42.6 Å². The molecule has 15 heteroatoms. The molecule has 4 amide bonds. The number of urea groups is 1. The van der Waals surface area contributed by atoms with Crippen LogP contribution >= 0.6 is 0 Å². The van der Waals surface area contributed by atoms with Crippen molar-refractivity contribution in [1.29, 1.82) is 5.26 Å². The topological polar surface area (TPSA) is 145 Å². The van der Waals surface area contributed by atoms with Crippen molar-refractivity contribution in [2.45, 2.75) is 78.0 Å². The van der Waals surface area contributed by atoms with Crippen LogP contribution in [0.4, 0.5) is 25.0 Å². The van der Waals surface area contributed by atoms with Crippen molar-refractivity contribution < 1.29 is 32.6 Å². The van der Waals surface area contributed by atoms with Gasteiger partial charge in [0.25, 0.3) is 5.91 Å². The summed E-state index contributed by atoms with van der Waals surface area (Å²) in [6.07, 6.45) is 5.09. The Morgan fingerprint density at radius 3 is 2.35 bits per heavy atom. The molecule has 4 aromatic rings. The van der Waals surface area contributed by atoms with Crippen molar-refractivity contribution in [3.05, 3.63) is 77.5 Å². The molecule has 60 heavy (non-hydrogen) atoms. The molecule has 0 unspecified atom stereocenters. The maximum atomic E-state index is 15.7. The molecule has 0 atom stereocenters. The molecular formula is C45H52F2N8O5.